The molecule has 2 bridgehead atoms. The molecule has 1 amide bonds. The van der Waals surface area contributed by atoms with Crippen molar-refractivity contribution in [3.8, 4) is 11.6 Å². The number of amides is 1. The van der Waals surface area contributed by atoms with E-state index < -0.39 is 0 Å². The molecule has 0 atom stereocenters. The van der Waals surface area contributed by atoms with Crippen molar-refractivity contribution in [1.29, 1.82) is 0 Å². The van der Waals surface area contributed by atoms with Crippen LogP contribution in [0.3, 0.4) is 0 Å². The number of carbonyl (C=O) groups is 1. The number of benzene rings is 1. The SMILES string of the molecule is COc1cccc(CNC(=O)C23CCC(c4ccc(OCC(=CF)CN)cc4)(CC2)CC3)n1. The van der Waals surface area contributed by atoms with Crippen molar-refractivity contribution in [2.45, 2.75) is 50.5 Å². The number of hydrogen-bond acceptors (Lipinski definition) is 5. The number of nitrogens with one attached hydrogen (secondary N) is 1. The summed E-state index contributed by atoms with van der Waals surface area (Å²) in [5.74, 6) is 1.39. The van der Waals surface area contributed by atoms with Crippen LogP contribution in [-0.2, 0) is 16.8 Å². The van der Waals surface area contributed by atoms with Crippen molar-refractivity contribution in [1.82, 2.24) is 10.3 Å². The minimum atomic E-state index is -0.277. The Morgan fingerprint density at radius 2 is 1.82 bits per heavy atom. The van der Waals surface area contributed by atoms with Crippen LogP contribution < -0.4 is 20.5 Å². The van der Waals surface area contributed by atoms with Crippen LogP contribution in [0.1, 0.15) is 49.8 Å². The molecule has 1 heterocycles. The Morgan fingerprint density at radius 3 is 2.42 bits per heavy atom. The van der Waals surface area contributed by atoms with Gasteiger partial charge in [0.05, 0.1) is 25.7 Å². The number of nitrogens with zero attached hydrogens (tertiary/aromatic N) is 1. The van der Waals surface area contributed by atoms with Gasteiger partial charge in [0, 0.05) is 23.6 Å². The highest BCUT2D eigenvalue weighted by Gasteiger charge is 2.52. The standard InChI is InChI=1S/C26H32FN3O3/c1-32-23-4-2-3-21(30-23)17-29-24(31)26-12-9-25(10-13-26,11-14-26)20-5-7-22(8-6-20)33-18-19(15-27)16-28/h2-8,15H,9-14,16-18,28H2,1H3,(H,29,31). The fourth-order valence-corrected chi connectivity index (χ4v) is 5.20. The molecule has 3 N–H and O–H groups in total. The Morgan fingerprint density at radius 1 is 1.12 bits per heavy atom. The highest BCUT2D eigenvalue weighted by atomic mass is 19.1. The summed E-state index contributed by atoms with van der Waals surface area (Å²) < 4.78 is 23.5. The second-order valence-corrected chi connectivity index (χ2v) is 9.20. The van der Waals surface area contributed by atoms with Crippen LogP contribution >= 0.6 is 0 Å². The Hall–Kier alpha value is -2.93. The first-order chi connectivity index (χ1) is 16.0. The third-order valence-corrected chi connectivity index (χ3v) is 7.46. The monoisotopic (exact) mass is 453 g/mol. The Kier molecular flexibility index (Phi) is 6.98. The first-order valence-electron chi connectivity index (χ1n) is 11.5. The van der Waals surface area contributed by atoms with E-state index in [2.05, 4.69) is 22.4 Å². The number of halogens is 1. The van der Waals surface area contributed by atoms with Crippen molar-refractivity contribution in [2.75, 3.05) is 20.3 Å². The highest BCUT2D eigenvalue weighted by molar-refractivity contribution is 5.83. The molecule has 1 aromatic heterocycles. The molecule has 0 unspecified atom stereocenters. The van der Waals surface area contributed by atoms with Gasteiger partial charge in [0.25, 0.3) is 0 Å². The van der Waals surface area contributed by atoms with E-state index in [1.54, 1.807) is 13.2 Å². The van der Waals surface area contributed by atoms with E-state index in [0.717, 1.165) is 44.2 Å². The molecule has 3 aliphatic rings. The van der Waals surface area contributed by atoms with Crippen LogP contribution in [0.25, 0.3) is 0 Å². The Balaban J connectivity index is 1.34. The van der Waals surface area contributed by atoms with Gasteiger partial charge in [0.1, 0.15) is 12.4 Å². The van der Waals surface area contributed by atoms with Crippen molar-refractivity contribution >= 4 is 5.91 Å². The summed E-state index contributed by atoms with van der Waals surface area (Å²) in [5, 5.41) is 3.12. The molecule has 0 aliphatic heterocycles. The molecule has 7 heteroatoms. The summed E-state index contributed by atoms with van der Waals surface area (Å²) in [4.78, 5) is 17.5. The molecule has 33 heavy (non-hydrogen) atoms. The smallest absolute Gasteiger partial charge is 0.226 e. The molecular weight excluding hydrogens is 421 g/mol. The number of rotatable bonds is 9. The largest absolute Gasteiger partial charge is 0.489 e. The molecule has 2 aromatic rings. The lowest BCUT2D eigenvalue weighted by atomic mass is 9.51. The van der Waals surface area contributed by atoms with E-state index in [1.165, 1.54) is 5.56 Å². The Labute approximate surface area is 194 Å². The van der Waals surface area contributed by atoms with Crippen LogP contribution in [0.2, 0.25) is 0 Å². The summed E-state index contributed by atoms with van der Waals surface area (Å²) in [5.41, 5.74) is 7.84. The third-order valence-electron chi connectivity index (χ3n) is 7.46. The molecule has 3 fully saturated rings. The molecule has 5 rings (SSSR count). The quantitative estimate of drug-likeness (QED) is 0.595. The molecule has 0 radical (unpaired) electrons. The first-order valence-corrected chi connectivity index (χ1v) is 11.5. The average Bonchev–Trinajstić information content (AvgIpc) is 2.89. The number of aromatic nitrogens is 1. The lowest BCUT2D eigenvalue weighted by molar-refractivity contribution is -0.138. The average molecular weight is 454 g/mol. The Bertz CT molecular complexity index is 982. The normalized spacial score (nSPS) is 24.4. The number of hydrogen-bond donors (Lipinski definition) is 2. The van der Waals surface area contributed by atoms with Gasteiger partial charge in [0.15, 0.2) is 0 Å². The fourth-order valence-electron chi connectivity index (χ4n) is 5.20. The minimum absolute atomic E-state index is 0.121. The highest BCUT2D eigenvalue weighted by Crippen LogP contribution is 2.57. The van der Waals surface area contributed by atoms with Crippen molar-refractivity contribution in [3.05, 3.63) is 65.6 Å². The predicted molar refractivity (Wildman–Crippen MR) is 125 cm³/mol. The van der Waals surface area contributed by atoms with Crippen molar-refractivity contribution in [3.63, 3.8) is 0 Å². The zero-order valence-corrected chi connectivity index (χ0v) is 19.1. The zero-order valence-electron chi connectivity index (χ0n) is 19.1. The van der Waals surface area contributed by atoms with Gasteiger partial charge in [-0.3, -0.25) is 4.79 Å². The fraction of sp³-hybridized carbons (Fsp3) is 0.462. The van der Waals surface area contributed by atoms with Gasteiger partial charge in [-0.05, 0) is 67.7 Å². The molecule has 0 spiro atoms. The van der Waals surface area contributed by atoms with E-state index in [9.17, 15) is 9.18 Å². The van der Waals surface area contributed by atoms with Gasteiger partial charge in [0.2, 0.25) is 11.8 Å². The van der Waals surface area contributed by atoms with Gasteiger partial charge in [-0.2, -0.15) is 0 Å². The van der Waals surface area contributed by atoms with Gasteiger partial charge < -0.3 is 20.5 Å². The molecule has 3 aliphatic carbocycles. The second-order valence-electron chi connectivity index (χ2n) is 9.20. The molecule has 3 saturated carbocycles. The summed E-state index contributed by atoms with van der Waals surface area (Å²) >= 11 is 0. The van der Waals surface area contributed by atoms with Crippen LogP contribution in [0.15, 0.2) is 54.4 Å². The maximum atomic E-state index is 13.1. The molecule has 1 aromatic carbocycles. The van der Waals surface area contributed by atoms with E-state index in [0.29, 0.717) is 30.1 Å². The van der Waals surface area contributed by atoms with Crippen LogP contribution in [0.5, 0.6) is 11.6 Å². The summed E-state index contributed by atoms with van der Waals surface area (Å²) in [6.45, 7) is 0.706. The number of pyridine rings is 1. The summed E-state index contributed by atoms with van der Waals surface area (Å²) in [6, 6.07) is 13.7. The van der Waals surface area contributed by atoms with Gasteiger partial charge in [-0.25, -0.2) is 9.37 Å². The van der Waals surface area contributed by atoms with E-state index in [4.69, 9.17) is 15.2 Å². The lowest BCUT2D eigenvalue weighted by Gasteiger charge is -2.52. The maximum absolute atomic E-state index is 13.1. The summed E-state index contributed by atoms with van der Waals surface area (Å²) in [6.07, 6.45) is 6.18. The van der Waals surface area contributed by atoms with Gasteiger partial charge in [-0.15, -0.1) is 0 Å². The van der Waals surface area contributed by atoms with E-state index in [-0.39, 0.29) is 29.9 Å². The maximum Gasteiger partial charge on any atom is 0.226 e. The number of methoxy groups -OCH3 is 1. The number of carbonyl (C=O) groups excluding carboxylic acids is 1. The number of fused-ring (bicyclic) bond motifs is 3. The molecular formula is C26H32FN3O3. The van der Waals surface area contributed by atoms with Gasteiger partial charge >= 0.3 is 0 Å². The lowest BCUT2D eigenvalue weighted by Crippen LogP contribution is -2.51. The van der Waals surface area contributed by atoms with Crippen LogP contribution in [-0.4, -0.2) is 31.2 Å². The minimum Gasteiger partial charge on any atom is -0.489 e. The second kappa shape index (κ2) is 9.91. The van der Waals surface area contributed by atoms with Crippen LogP contribution in [0, 0.1) is 5.41 Å². The number of nitrogens with two attached hydrogens (primary N) is 1. The zero-order chi connectivity index (χ0) is 23.3. The topological polar surface area (TPSA) is 86.5 Å². The van der Waals surface area contributed by atoms with Gasteiger partial charge in [-0.1, -0.05) is 18.2 Å². The summed E-state index contributed by atoms with van der Waals surface area (Å²) in [7, 11) is 1.59. The van der Waals surface area contributed by atoms with Crippen LogP contribution in [0.4, 0.5) is 4.39 Å². The first kappa shape index (κ1) is 23.2. The van der Waals surface area contributed by atoms with Crippen molar-refractivity contribution < 1.29 is 18.7 Å². The predicted octanol–water partition coefficient (Wildman–Crippen LogP) is 4.19. The molecule has 6 nitrogen and oxygen atoms in total. The third kappa shape index (κ3) is 4.88. The number of ether oxygens (including phenoxy) is 2. The molecule has 0 saturated heterocycles. The van der Waals surface area contributed by atoms with E-state index >= 15 is 0 Å². The molecule has 176 valence electrons. The van der Waals surface area contributed by atoms with Crippen molar-refractivity contribution in [2.24, 2.45) is 11.1 Å². The van der Waals surface area contributed by atoms with E-state index in [1.807, 2.05) is 24.3 Å².